The first kappa shape index (κ1) is 33.4. The molecule has 0 saturated heterocycles. The topological polar surface area (TPSA) is 0 Å². The monoisotopic (exact) mass is 505 g/mol. The van der Waals surface area contributed by atoms with Crippen LogP contribution in [0.1, 0.15) is 0 Å². The summed E-state index contributed by atoms with van der Waals surface area (Å²) in [5.74, 6) is 0. The zero-order valence-corrected chi connectivity index (χ0v) is 9.39. The molecule has 0 aliphatic rings. The Labute approximate surface area is 138 Å². The maximum atomic E-state index is 0. The van der Waals surface area contributed by atoms with Crippen LogP contribution in [0.5, 0.6) is 0 Å². The SMILES string of the molecule is [AlH3].[Cr].[Ho].[Tm].[Y]. The molecular formula is H3AlCrHoTmY. The molecule has 0 fully saturated rings. The van der Waals surface area contributed by atoms with Crippen molar-refractivity contribution in [3.8, 4) is 0 Å². The second-order valence-corrected chi connectivity index (χ2v) is 0. The van der Waals surface area contributed by atoms with Crippen LogP contribution >= 0.6 is 0 Å². The molecule has 0 rings (SSSR count). The molecule has 0 nitrogen and oxygen atoms in total. The Morgan fingerprint density at radius 3 is 1.00 bits per heavy atom. The molecule has 5 heteroatoms. The first-order chi connectivity index (χ1) is 0. The van der Waals surface area contributed by atoms with E-state index in [0.29, 0.717) is 0 Å². The van der Waals surface area contributed by atoms with Crippen LogP contribution in [0, 0.1) is 74.6 Å². The van der Waals surface area contributed by atoms with Gasteiger partial charge < -0.3 is 0 Å². The average Bonchev–Trinajstić information content (AvgIpc) is 0. The molecule has 0 atom stereocenters. The Morgan fingerprint density at radius 2 is 1.00 bits per heavy atom. The Morgan fingerprint density at radius 1 is 1.00 bits per heavy atom. The third kappa shape index (κ3) is 17.7. The minimum absolute atomic E-state index is 0. The Balaban J connectivity index is 0. The van der Waals surface area contributed by atoms with E-state index in [4.69, 9.17) is 0 Å². The first-order valence-corrected chi connectivity index (χ1v) is 0. The van der Waals surface area contributed by atoms with Crippen molar-refractivity contribution in [1.29, 1.82) is 0 Å². The Kier molecular flexibility index (Phi) is 156. The van der Waals surface area contributed by atoms with Crippen LogP contribution in [0.25, 0.3) is 0 Å². The Bertz CT molecular complexity index is 11.6. The molecule has 0 spiro atoms. The van der Waals surface area contributed by atoms with Crippen LogP contribution < -0.4 is 0 Å². The number of rotatable bonds is 0. The molecule has 0 saturated carbocycles. The van der Waals surface area contributed by atoms with E-state index in [0.717, 1.165) is 0 Å². The molecule has 0 bridgehead atoms. The molecular weight excluding hydrogens is 502 g/mol. The Hall–Kier alpha value is 4.66. The fourth-order valence-electron chi connectivity index (χ4n) is 0. The van der Waals surface area contributed by atoms with Crippen LogP contribution in [0.3, 0.4) is 0 Å². The smallest absolute Gasteiger partial charge is 0 e. The molecule has 3 radical (unpaired) electrons. The van der Waals surface area contributed by atoms with Gasteiger partial charge in [-0.2, -0.15) is 0 Å². The van der Waals surface area contributed by atoms with Crippen molar-refractivity contribution in [3.63, 3.8) is 0 Å². The molecule has 0 N–H and O–H groups in total. The van der Waals surface area contributed by atoms with Crippen molar-refractivity contribution in [2.75, 3.05) is 0 Å². The van der Waals surface area contributed by atoms with Gasteiger partial charge in [-0.05, 0) is 0 Å². The van der Waals surface area contributed by atoms with Crippen molar-refractivity contribution in [1.82, 2.24) is 0 Å². The van der Waals surface area contributed by atoms with Gasteiger partial charge in [0.25, 0.3) is 0 Å². The first-order valence-electron chi connectivity index (χ1n) is 0. The van der Waals surface area contributed by atoms with Gasteiger partial charge in [0.1, 0.15) is 0 Å². The normalized spacial score (nSPS) is 0. The fraction of sp³-hybridized carbons (Fsp3) is 0. The largest absolute Gasteiger partial charge is 0.187 e. The van der Waals surface area contributed by atoms with E-state index in [2.05, 4.69) is 0 Å². The summed E-state index contributed by atoms with van der Waals surface area (Å²) in [4.78, 5) is 0. The van der Waals surface area contributed by atoms with Gasteiger partial charge in [0.15, 0.2) is 17.4 Å². The zero-order chi connectivity index (χ0) is 0. The van der Waals surface area contributed by atoms with Crippen molar-refractivity contribution in [2.24, 2.45) is 0 Å². The van der Waals surface area contributed by atoms with Gasteiger partial charge >= 0.3 is 0 Å². The quantitative estimate of drug-likeness (QED) is 0.364. The maximum Gasteiger partial charge on any atom is 0.187 e. The molecule has 0 aliphatic carbocycles. The summed E-state index contributed by atoms with van der Waals surface area (Å²) in [7, 11) is 0. The second kappa shape index (κ2) is 23.4. The summed E-state index contributed by atoms with van der Waals surface area (Å²) in [6.07, 6.45) is 0. The van der Waals surface area contributed by atoms with Crippen LogP contribution in [0.2, 0.25) is 0 Å². The molecule has 0 aromatic carbocycles. The molecule has 0 aromatic rings. The van der Waals surface area contributed by atoms with Crippen LogP contribution in [-0.4, -0.2) is 17.4 Å². The van der Waals surface area contributed by atoms with Gasteiger partial charge in [-0.1, -0.05) is 0 Å². The van der Waals surface area contributed by atoms with Crippen LogP contribution in [0.15, 0.2) is 0 Å². The molecule has 5 heavy (non-hydrogen) atoms. The van der Waals surface area contributed by atoms with Gasteiger partial charge in [0, 0.05) is 125 Å². The number of hydrogen-bond donors (Lipinski definition) is 0. The minimum Gasteiger partial charge on any atom is 0 e. The summed E-state index contributed by atoms with van der Waals surface area (Å²) in [6, 6.07) is 0. The van der Waals surface area contributed by atoms with E-state index < -0.39 is 0 Å². The molecule has 0 aromatic heterocycles. The second-order valence-electron chi connectivity index (χ2n) is 0. The average molecular weight is 505 g/mol. The van der Waals surface area contributed by atoms with Gasteiger partial charge in [0.2, 0.25) is 0 Å². The summed E-state index contributed by atoms with van der Waals surface area (Å²) < 4.78 is 0. The van der Waals surface area contributed by atoms with Crippen molar-refractivity contribution in [2.45, 2.75) is 0 Å². The van der Waals surface area contributed by atoms with Crippen LogP contribution in [0.4, 0.5) is 0 Å². The molecule has 0 amide bonds. The molecule has 39 valence electrons. The molecule has 0 aliphatic heterocycles. The summed E-state index contributed by atoms with van der Waals surface area (Å²) in [5.41, 5.74) is 0. The molecule has 0 unspecified atom stereocenters. The minimum atomic E-state index is 0. The third-order valence-electron chi connectivity index (χ3n) is 0. The van der Waals surface area contributed by atoms with E-state index in [1.165, 1.54) is 0 Å². The van der Waals surface area contributed by atoms with Crippen molar-refractivity contribution >= 4 is 17.4 Å². The van der Waals surface area contributed by atoms with E-state index >= 15 is 0 Å². The van der Waals surface area contributed by atoms with Crippen molar-refractivity contribution in [3.05, 3.63) is 0 Å². The van der Waals surface area contributed by atoms with Crippen molar-refractivity contribution < 1.29 is 125 Å². The van der Waals surface area contributed by atoms with Gasteiger partial charge in [-0.25, -0.2) is 0 Å². The van der Waals surface area contributed by atoms with E-state index in [9.17, 15) is 0 Å². The summed E-state index contributed by atoms with van der Waals surface area (Å²) in [6.45, 7) is 0. The van der Waals surface area contributed by atoms with Gasteiger partial charge in [-0.15, -0.1) is 0 Å². The predicted octanol–water partition coefficient (Wildman–Crippen LogP) is -1.19. The zero-order valence-electron chi connectivity index (χ0n) is 1.56. The van der Waals surface area contributed by atoms with Gasteiger partial charge in [0.05, 0.1) is 0 Å². The number of hydrogen-bond acceptors (Lipinski definition) is 0. The van der Waals surface area contributed by atoms with E-state index in [1.54, 1.807) is 0 Å². The summed E-state index contributed by atoms with van der Waals surface area (Å²) >= 11 is 0. The third-order valence-corrected chi connectivity index (χ3v) is 0. The predicted molar refractivity (Wildman–Crippen MR) is 9.94 cm³/mol. The van der Waals surface area contributed by atoms with Crippen LogP contribution in [-0.2, 0) is 50.1 Å². The standard InChI is InChI=1S/Al.Cr.Ho.Tm.Y.3H. The van der Waals surface area contributed by atoms with E-state index in [1.807, 2.05) is 0 Å². The molecule has 0 heterocycles. The van der Waals surface area contributed by atoms with E-state index in [-0.39, 0.29) is 142 Å². The fourth-order valence-corrected chi connectivity index (χ4v) is 0. The summed E-state index contributed by atoms with van der Waals surface area (Å²) in [5, 5.41) is 0. The van der Waals surface area contributed by atoms with Gasteiger partial charge in [-0.3, -0.25) is 0 Å². The maximum absolute atomic E-state index is 0.